The Labute approximate surface area is 148 Å². The van der Waals surface area contributed by atoms with Crippen molar-refractivity contribution >= 4 is 0 Å². The largest absolute Gasteiger partial charge is 0.314 e. The van der Waals surface area contributed by atoms with E-state index < -0.39 is 0 Å². The van der Waals surface area contributed by atoms with E-state index in [0.29, 0.717) is 0 Å². The van der Waals surface area contributed by atoms with Crippen molar-refractivity contribution in [3.05, 3.63) is 35.9 Å². The van der Waals surface area contributed by atoms with Gasteiger partial charge in [-0.3, -0.25) is 0 Å². The average Bonchev–Trinajstić information content (AvgIpc) is 3.14. The topological polar surface area (TPSA) is 27.3 Å². The minimum Gasteiger partial charge on any atom is -0.314 e. The van der Waals surface area contributed by atoms with Gasteiger partial charge in [0.05, 0.1) is 0 Å². The van der Waals surface area contributed by atoms with E-state index in [0.717, 1.165) is 31.1 Å². The van der Waals surface area contributed by atoms with Crippen molar-refractivity contribution < 1.29 is 0 Å². The third-order valence-electron chi connectivity index (χ3n) is 5.85. The predicted octanol–water partition coefficient (Wildman–Crippen LogP) is 3.41. The maximum atomic E-state index is 3.90. The Balaban J connectivity index is 1.35. The molecule has 3 atom stereocenters. The fourth-order valence-electron chi connectivity index (χ4n) is 4.58. The molecule has 1 aliphatic heterocycles. The number of nitrogens with one attached hydrogen (secondary N) is 2. The number of hydrogen-bond donors (Lipinski definition) is 2. The van der Waals surface area contributed by atoms with E-state index in [-0.39, 0.29) is 0 Å². The lowest BCUT2D eigenvalue weighted by atomic mass is 9.79. The highest BCUT2D eigenvalue weighted by Gasteiger charge is 2.32. The van der Waals surface area contributed by atoms with Gasteiger partial charge >= 0.3 is 0 Å². The van der Waals surface area contributed by atoms with E-state index in [9.17, 15) is 0 Å². The third kappa shape index (κ3) is 5.30. The summed E-state index contributed by atoms with van der Waals surface area (Å²) in [6.45, 7) is 4.62. The van der Waals surface area contributed by atoms with Crippen LogP contribution in [0.2, 0.25) is 0 Å². The summed E-state index contributed by atoms with van der Waals surface area (Å²) in [5.74, 6) is 0.864. The molecule has 1 heterocycles. The van der Waals surface area contributed by atoms with Crippen LogP contribution in [0.5, 0.6) is 0 Å². The Hall–Kier alpha value is -0.900. The van der Waals surface area contributed by atoms with Crippen LogP contribution in [0.15, 0.2) is 30.3 Å². The zero-order valence-corrected chi connectivity index (χ0v) is 15.3. The molecule has 134 valence electrons. The van der Waals surface area contributed by atoms with Crippen LogP contribution in [0.1, 0.15) is 50.5 Å². The van der Waals surface area contributed by atoms with Crippen molar-refractivity contribution in [2.75, 3.05) is 26.7 Å². The summed E-state index contributed by atoms with van der Waals surface area (Å²) >= 11 is 0. The van der Waals surface area contributed by atoms with E-state index in [2.05, 4.69) is 52.9 Å². The molecule has 0 amide bonds. The van der Waals surface area contributed by atoms with Gasteiger partial charge in [-0.05, 0) is 70.3 Å². The number of benzene rings is 1. The van der Waals surface area contributed by atoms with E-state index in [4.69, 9.17) is 0 Å². The van der Waals surface area contributed by atoms with E-state index in [1.165, 1.54) is 63.6 Å². The lowest BCUT2D eigenvalue weighted by Crippen LogP contribution is -2.47. The van der Waals surface area contributed by atoms with Crippen LogP contribution in [-0.4, -0.2) is 43.7 Å². The summed E-state index contributed by atoms with van der Waals surface area (Å²) < 4.78 is 0. The van der Waals surface area contributed by atoms with Crippen molar-refractivity contribution in [1.29, 1.82) is 0 Å². The molecule has 1 aromatic rings. The summed E-state index contributed by atoms with van der Waals surface area (Å²) in [5, 5.41) is 7.65. The van der Waals surface area contributed by atoms with Crippen LogP contribution in [0.4, 0.5) is 0 Å². The van der Waals surface area contributed by atoms with Crippen molar-refractivity contribution in [2.45, 2.75) is 63.6 Å². The summed E-state index contributed by atoms with van der Waals surface area (Å²) in [5.41, 5.74) is 1.41. The molecule has 1 saturated heterocycles. The first-order valence-corrected chi connectivity index (χ1v) is 10.0. The van der Waals surface area contributed by atoms with Gasteiger partial charge in [0.2, 0.25) is 0 Å². The third-order valence-corrected chi connectivity index (χ3v) is 5.85. The number of nitrogens with zero attached hydrogens (tertiary/aromatic N) is 1. The summed E-state index contributed by atoms with van der Waals surface area (Å²) in [6, 6.07) is 12.3. The zero-order chi connectivity index (χ0) is 16.6. The fourth-order valence-corrected chi connectivity index (χ4v) is 4.58. The molecule has 1 aromatic carbocycles. The van der Waals surface area contributed by atoms with Gasteiger partial charge < -0.3 is 15.5 Å². The quantitative estimate of drug-likeness (QED) is 0.716. The smallest absolute Gasteiger partial charge is 0.0230 e. The first-order chi connectivity index (χ1) is 11.8. The zero-order valence-electron chi connectivity index (χ0n) is 15.3. The minimum atomic E-state index is 0.744. The molecule has 0 aromatic heterocycles. The molecule has 0 radical (unpaired) electrons. The maximum absolute atomic E-state index is 3.90. The first kappa shape index (κ1) is 17.9. The van der Waals surface area contributed by atoms with Crippen molar-refractivity contribution in [2.24, 2.45) is 5.92 Å². The molecule has 3 heteroatoms. The Kier molecular flexibility index (Phi) is 7.13. The Morgan fingerprint density at radius 1 is 1.08 bits per heavy atom. The normalized spacial score (nSPS) is 27.7. The van der Waals surface area contributed by atoms with E-state index in [1.807, 2.05) is 0 Å². The highest BCUT2D eigenvalue weighted by Crippen LogP contribution is 2.30. The molecule has 2 aliphatic rings. The molecule has 24 heavy (non-hydrogen) atoms. The van der Waals surface area contributed by atoms with Crippen molar-refractivity contribution in [1.82, 2.24) is 15.5 Å². The first-order valence-electron chi connectivity index (χ1n) is 10.0. The molecular weight excluding hydrogens is 294 g/mol. The van der Waals surface area contributed by atoms with Gasteiger partial charge in [0.1, 0.15) is 0 Å². The van der Waals surface area contributed by atoms with Gasteiger partial charge in [0, 0.05) is 18.6 Å². The molecule has 2 fully saturated rings. The highest BCUT2D eigenvalue weighted by molar-refractivity contribution is 5.14. The number of hydrogen-bond acceptors (Lipinski definition) is 3. The van der Waals surface area contributed by atoms with Crippen molar-refractivity contribution in [3.63, 3.8) is 0 Å². The van der Waals surface area contributed by atoms with Crippen LogP contribution < -0.4 is 10.6 Å². The van der Waals surface area contributed by atoms with Crippen molar-refractivity contribution in [3.8, 4) is 0 Å². The number of rotatable bonds is 8. The SMILES string of the molecule is CN(CCCNC1CCCCC1C1CCCN1)Cc1ccccc1. The molecule has 3 unspecified atom stereocenters. The predicted molar refractivity (Wildman–Crippen MR) is 102 cm³/mol. The van der Waals surface area contributed by atoms with Crippen LogP contribution in [-0.2, 0) is 6.54 Å². The van der Waals surface area contributed by atoms with Gasteiger partial charge in [-0.25, -0.2) is 0 Å². The second-order valence-electron chi connectivity index (χ2n) is 7.79. The van der Waals surface area contributed by atoms with Crippen LogP contribution in [0.3, 0.4) is 0 Å². The van der Waals surface area contributed by atoms with Gasteiger partial charge in [-0.2, -0.15) is 0 Å². The molecule has 0 bridgehead atoms. The van der Waals surface area contributed by atoms with Gasteiger partial charge in [-0.15, -0.1) is 0 Å². The van der Waals surface area contributed by atoms with Gasteiger partial charge in [-0.1, -0.05) is 43.2 Å². The average molecular weight is 330 g/mol. The molecule has 3 nitrogen and oxygen atoms in total. The maximum Gasteiger partial charge on any atom is 0.0230 e. The molecule has 1 saturated carbocycles. The van der Waals surface area contributed by atoms with Crippen LogP contribution in [0, 0.1) is 5.92 Å². The fraction of sp³-hybridized carbons (Fsp3) is 0.714. The standard InChI is InChI=1S/C21H35N3/c1-24(17-18-9-3-2-4-10-18)16-8-15-23-20-12-6-5-11-19(20)21-13-7-14-22-21/h2-4,9-10,19-23H,5-8,11-17H2,1H3. The Bertz CT molecular complexity index is 455. The van der Waals surface area contributed by atoms with Crippen LogP contribution in [0.25, 0.3) is 0 Å². The van der Waals surface area contributed by atoms with Gasteiger partial charge in [0.25, 0.3) is 0 Å². The highest BCUT2D eigenvalue weighted by atomic mass is 15.1. The van der Waals surface area contributed by atoms with Crippen LogP contribution >= 0.6 is 0 Å². The molecule has 1 aliphatic carbocycles. The Morgan fingerprint density at radius 2 is 1.92 bits per heavy atom. The molecule has 2 N–H and O–H groups in total. The van der Waals surface area contributed by atoms with E-state index in [1.54, 1.807) is 0 Å². The monoisotopic (exact) mass is 329 g/mol. The van der Waals surface area contributed by atoms with E-state index >= 15 is 0 Å². The second-order valence-corrected chi connectivity index (χ2v) is 7.79. The molecule has 0 spiro atoms. The summed E-state index contributed by atoms with van der Waals surface area (Å²) in [4.78, 5) is 2.44. The molecule has 3 rings (SSSR count). The summed E-state index contributed by atoms with van der Waals surface area (Å²) in [6.07, 6.45) is 9.65. The minimum absolute atomic E-state index is 0.744. The van der Waals surface area contributed by atoms with Gasteiger partial charge in [0.15, 0.2) is 0 Å². The second kappa shape index (κ2) is 9.55. The lowest BCUT2D eigenvalue weighted by Gasteiger charge is -2.36. The summed E-state index contributed by atoms with van der Waals surface area (Å²) in [7, 11) is 2.23. The molecular formula is C21H35N3. The lowest BCUT2D eigenvalue weighted by molar-refractivity contribution is 0.211. The Morgan fingerprint density at radius 3 is 2.71 bits per heavy atom.